The molecule has 0 radical (unpaired) electrons. The predicted octanol–water partition coefficient (Wildman–Crippen LogP) is 1.97. The molecule has 1 saturated carbocycles. The van der Waals surface area contributed by atoms with Gasteiger partial charge in [-0.15, -0.1) is 0 Å². The molecule has 2 N–H and O–H groups in total. The number of likely N-dealkylation sites (N-methyl/N-ethyl adjacent to an activating group) is 1. The van der Waals surface area contributed by atoms with E-state index in [1.54, 1.807) is 13.2 Å². The highest BCUT2D eigenvalue weighted by Gasteiger charge is 2.26. The molecule has 0 saturated heterocycles. The Morgan fingerprint density at radius 1 is 1.42 bits per heavy atom. The fraction of sp³-hybridized carbons (Fsp3) is 0.600. The number of ether oxygens (including phenoxy) is 1. The summed E-state index contributed by atoms with van der Waals surface area (Å²) in [5.41, 5.74) is 1.13. The van der Waals surface area contributed by atoms with Crippen molar-refractivity contribution in [3.8, 4) is 11.5 Å². The fourth-order valence-electron chi connectivity index (χ4n) is 2.33. The molecule has 0 unspecified atom stereocenters. The normalized spacial score (nSPS) is 14.9. The van der Waals surface area contributed by atoms with Gasteiger partial charge in [0.05, 0.1) is 7.11 Å². The van der Waals surface area contributed by atoms with E-state index < -0.39 is 0 Å². The zero-order chi connectivity index (χ0) is 13.7. The van der Waals surface area contributed by atoms with Crippen LogP contribution in [0, 0.1) is 0 Å². The van der Waals surface area contributed by atoms with Crippen LogP contribution >= 0.6 is 0 Å². The van der Waals surface area contributed by atoms with Gasteiger partial charge in [-0.3, -0.25) is 4.90 Å². The topological polar surface area (TPSA) is 44.7 Å². The van der Waals surface area contributed by atoms with E-state index in [1.165, 1.54) is 12.8 Å². The van der Waals surface area contributed by atoms with E-state index in [0.29, 0.717) is 5.75 Å². The minimum atomic E-state index is 0.192. The highest BCUT2D eigenvalue weighted by molar-refractivity contribution is 5.41. The van der Waals surface area contributed by atoms with Crippen LogP contribution in [-0.4, -0.2) is 42.8 Å². The minimum Gasteiger partial charge on any atom is -0.504 e. The molecule has 1 aliphatic carbocycles. The Hall–Kier alpha value is -1.26. The van der Waals surface area contributed by atoms with Crippen LogP contribution in [0.3, 0.4) is 0 Å². The molecular formula is C15H24N2O2. The van der Waals surface area contributed by atoms with Gasteiger partial charge in [0.15, 0.2) is 11.5 Å². The van der Waals surface area contributed by atoms with E-state index >= 15 is 0 Å². The highest BCUT2D eigenvalue weighted by atomic mass is 16.5. The number of hydrogen-bond donors (Lipinski definition) is 2. The molecule has 106 valence electrons. The van der Waals surface area contributed by atoms with Crippen molar-refractivity contribution < 1.29 is 9.84 Å². The summed E-state index contributed by atoms with van der Waals surface area (Å²) in [6.07, 6.45) is 2.73. The summed E-state index contributed by atoms with van der Waals surface area (Å²) >= 11 is 0. The van der Waals surface area contributed by atoms with Crippen molar-refractivity contribution in [2.75, 3.05) is 26.7 Å². The lowest BCUT2D eigenvalue weighted by Gasteiger charge is -2.19. The highest BCUT2D eigenvalue weighted by Crippen LogP contribution is 2.26. The maximum absolute atomic E-state index is 9.53. The molecule has 1 aliphatic rings. The number of aromatic hydroxyl groups is 1. The van der Waals surface area contributed by atoms with Crippen LogP contribution in [0.4, 0.5) is 0 Å². The average Bonchev–Trinajstić information content (AvgIpc) is 3.25. The summed E-state index contributed by atoms with van der Waals surface area (Å²) in [5, 5.41) is 13.0. The second-order valence-corrected chi connectivity index (χ2v) is 5.04. The predicted molar refractivity (Wildman–Crippen MR) is 76.6 cm³/mol. The Morgan fingerprint density at radius 2 is 2.21 bits per heavy atom. The fourth-order valence-corrected chi connectivity index (χ4v) is 2.33. The van der Waals surface area contributed by atoms with Gasteiger partial charge < -0.3 is 15.2 Å². The summed E-state index contributed by atoms with van der Waals surface area (Å²) in [7, 11) is 1.57. The molecule has 1 fully saturated rings. The van der Waals surface area contributed by atoms with E-state index in [9.17, 15) is 5.11 Å². The molecule has 0 aromatic heterocycles. The standard InChI is InChI=1S/C15H24N2O2/c1-3-17(13-5-6-13)9-8-16-11-12-4-7-14(18)15(10-12)19-2/h4,7,10,13,16,18H,3,5-6,8-9,11H2,1-2H3. The minimum absolute atomic E-state index is 0.192. The van der Waals surface area contributed by atoms with Crippen LogP contribution in [0.2, 0.25) is 0 Å². The van der Waals surface area contributed by atoms with Gasteiger partial charge in [0, 0.05) is 25.7 Å². The van der Waals surface area contributed by atoms with Crippen LogP contribution in [0.25, 0.3) is 0 Å². The van der Waals surface area contributed by atoms with E-state index in [-0.39, 0.29) is 5.75 Å². The zero-order valence-corrected chi connectivity index (χ0v) is 11.9. The summed E-state index contributed by atoms with van der Waals surface area (Å²) in [4.78, 5) is 2.53. The molecule has 0 aliphatic heterocycles. The largest absolute Gasteiger partial charge is 0.504 e. The molecular weight excluding hydrogens is 240 g/mol. The van der Waals surface area contributed by atoms with Crippen LogP contribution in [0.1, 0.15) is 25.3 Å². The molecule has 0 heterocycles. The van der Waals surface area contributed by atoms with Crippen LogP contribution in [0.5, 0.6) is 11.5 Å². The number of methoxy groups -OCH3 is 1. The first-order chi connectivity index (χ1) is 9.24. The molecule has 0 amide bonds. The zero-order valence-electron chi connectivity index (χ0n) is 11.9. The average molecular weight is 264 g/mol. The number of nitrogens with one attached hydrogen (secondary N) is 1. The van der Waals surface area contributed by atoms with Crippen molar-refractivity contribution in [3.63, 3.8) is 0 Å². The van der Waals surface area contributed by atoms with Gasteiger partial charge in [-0.05, 0) is 37.1 Å². The first-order valence-electron chi connectivity index (χ1n) is 7.05. The molecule has 0 spiro atoms. The Labute approximate surface area is 115 Å². The van der Waals surface area contributed by atoms with Crippen molar-refractivity contribution in [1.82, 2.24) is 10.2 Å². The number of rotatable bonds is 8. The Balaban J connectivity index is 1.73. The Kier molecular flexibility index (Phi) is 5.05. The summed E-state index contributed by atoms with van der Waals surface area (Å²) < 4.78 is 5.10. The van der Waals surface area contributed by atoms with Crippen LogP contribution in [0.15, 0.2) is 18.2 Å². The monoisotopic (exact) mass is 264 g/mol. The number of phenols is 1. The molecule has 1 aromatic rings. The van der Waals surface area contributed by atoms with Crippen molar-refractivity contribution in [3.05, 3.63) is 23.8 Å². The second-order valence-electron chi connectivity index (χ2n) is 5.04. The van der Waals surface area contributed by atoms with Gasteiger partial charge in [0.2, 0.25) is 0 Å². The third kappa shape index (κ3) is 4.11. The van der Waals surface area contributed by atoms with Gasteiger partial charge in [0.1, 0.15) is 0 Å². The first-order valence-corrected chi connectivity index (χ1v) is 7.05. The lowest BCUT2D eigenvalue weighted by Crippen LogP contribution is -2.33. The van der Waals surface area contributed by atoms with Gasteiger partial charge in [0.25, 0.3) is 0 Å². The first kappa shape index (κ1) is 14.2. The Bertz CT molecular complexity index is 405. The lowest BCUT2D eigenvalue weighted by molar-refractivity contribution is 0.277. The maximum Gasteiger partial charge on any atom is 0.160 e. The Morgan fingerprint density at radius 3 is 2.84 bits per heavy atom. The van der Waals surface area contributed by atoms with Gasteiger partial charge in [-0.1, -0.05) is 13.0 Å². The van der Waals surface area contributed by atoms with Crippen molar-refractivity contribution in [2.45, 2.75) is 32.4 Å². The van der Waals surface area contributed by atoms with Gasteiger partial charge in [-0.2, -0.15) is 0 Å². The van der Waals surface area contributed by atoms with Gasteiger partial charge in [-0.25, -0.2) is 0 Å². The summed E-state index contributed by atoms with van der Waals surface area (Å²) in [6.45, 7) is 6.27. The van der Waals surface area contributed by atoms with Crippen LogP contribution in [-0.2, 0) is 6.54 Å². The SMILES string of the molecule is CCN(CCNCc1ccc(O)c(OC)c1)C1CC1. The molecule has 0 atom stereocenters. The van der Waals surface area contributed by atoms with E-state index in [0.717, 1.165) is 37.8 Å². The molecule has 4 nitrogen and oxygen atoms in total. The third-order valence-electron chi connectivity index (χ3n) is 3.62. The number of hydrogen-bond acceptors (Lipinski definition) is 4. The maximum atomic E-state index is 9.53. The lowest BCUT2D eigenvalue weighted by atomic mass is 10.2. The van der Waals surface area contributed by atoms with Crippen molar-refractivity contribution in [1.29, 1.82) is 0 Å². The van der Waals surface area contributed by atoms with E-state index in [1.807, 2.05) is 12.1 Å². The van der Waals surface area contributed by atoms with E-state index in [2.05, 4.69) is 17.1 Å². The van der Waals surface area contributed by atoms with Gasteiger partial charge >= 0.3 is 0 Å². The summed E-state index contributed by atoms with van der Waals surface area (Å²) in [5.74, 6) is 0.726. The number of nitrogens with zero attached hydrogens (tertiary/aromatic N) is 1. The molecule has 4 heteroatoms. The smallest absolute Gasteiger partial charge is 0.160 e. The van der Waals surface area contributed by atoms with E-state index in [4.69, 9.17) is 4.74 Å². The van der Waals surface area contributed by atoms with Crippen molar-refractivity contribution >= 4 is 0 Å². The molecule has 19 heavy (non-hydrogen) atoms. The third-order valence-corrected chi connectivity index (χ3v) is 3.62. The number of benzene rings is 1. The second kappa shape index (κ2) is 6.78. The molecule has 1 aromatic carbocycles. The molecule has 0 bridgehead atoms. The van der Waals surface area contributed by atoms with Crippen molar-refractivity contribution in [2.24, 2.45) is 0 Å². The number of phenolic OH excluding ortho intramolecular Hbond substituents is 1. The quantitative estimate of drug-likeness (QED) is 0.705. The summed E-state index contributed by atoms with van der Waals surface area (Å²) in [6, 6.07) is 6.31. The van der Waals surface area contributed by atoms with Crippen LogP contribution < -0.4 is 10.1 Å². The molecule has 2 rings (SSSR count).